The first kappa shape index (κ1) is 29.0. The van der Waals surface area contributed by atoms with Crippen LogP contribution >= 0.6 is 0 Å². The lowest BCUT2D eigenvalue weighted by atomic mass is 9.86. The second-order valence-corrected chi connectivity index (χ2v) is 10.6. The predicted octanol–water partition coefficient (Wildman–Crippen LogP) is 4.21. The van der Waals surface area contributed by atoms with E-state index in [0.717, 1.165) is 87.9 Å². The number of anilines is 2. The lowest BCUT2D eigenvalue weighted by Gasteiger charge is -2.47. The van der Waals surface area contributed by atoms with E-state index in [-0.39, 0.29) is 5.97 Å². The van der Waals surface area contributed by atoms with Gasteiger partial charge in [-0.2, -0.15) is 0 Å². The lowest BCUT2D eigenvalue weighted by Crippen LogP contribution is -2.56. The zero-order chi connectivity index (χ0) is 27.8. The van der Waals surface area contributed by atoms with E-state index in [1.54, 1.807) is 7.11 Å². The van der Waals surface area contributed by atoms with Crippen LogP contribution in [0.1, 0.15) is 38.7 Å². The summed E-state index contributed by atoms with van der Waals surface area (Å²) in [6.45, 7) is 12.6. The first-order chi connectivity index (χ1) is 19.0. The molecule has 8 heteroatoms. The highest BCUT2D eigenvalue weighted by molar-refractivity contribution is 5.69. The third-order valence-corrected chi connectivity index (χ3v) is 8.53. The molecule has 0 aliphatic carbocycles. The number of piperidine rings is 1. The quantitative estimate of drug-likeness (QED) is 0.427. The number of esters is 1. The first-order valence-electron chi connectivity index (χ1n) is 14.4. The van der Waals surface area contributed by atoms with Gasteiger partial charge in [0.15, 0.2) is 0 Å². The molecule has 0 amide bonds. The maximum atomic E-state index is 12.0. The first-order valence-corrected chi connectivity index (χ1v) is 14.4. The molecule has 8 nitrogen and oxygen atoms in total. The average Bonchev–Trinajstić information content (AvgIpc) is 2.98. The van der Waals surface area contributed by atoms with Crippen LogP contribution in [-0.4, -0.2) is 93.5 Å². The van der Waals surface area contributed by atoms with Crippen LogP contribution in [-0.2, 0) is 16.1 Å². The Morgan fingerprint density at radius 2 is 1.77 bits per heavy atom. The van der Waals surface area contributed by atoms with Crippen molar-refractivity contribution >= 4 is 17.3 Å². The van der Waals surface area contributed by atoms with Crippen LogP contribution in [0, 0.1) is 5.92 Å². The average molecular weight is 539 g/mol. The van der Waals surface area contributed by atoms with Crippen molar-refractivity contribution in [3.63, 3.8) is 0 Å². The number of hydrogen-bond acceptors (Lipinski definition) is 8. The molecule has 2 heterocycles. The number of likely N-dealkylation sites (tertiary alicyclic amines) is 1. The molecule has 0 spiro atoms. The maximum absolute atomic E-state index is 12.0. The molecule has 4 rings (SSSR count). The monoisotopic (exact) mass is 538 g/mol. The molecular weight excluding hydrogens is 492 g/mol. The number of aromatic hydroxyl groups is 1. The molecule has 1 N–H and O–H groups in total. The summed E-state index contributed by atoms with van der Waals surface area (Å²) in [6.07, 6.45) is 2.31. The van der Waals surface area contributed by atoms with Gasteiger partial charge in [-0.15, -0.1) is 0 Å². The van der Waals surface area contributed by atoms with E-state index in [4.69, 9.17) is 9.47 Å². The fourth-order valence-electron chi connectivity index (χ4n) is 6.31. The van der Waals surface area contributed by atoms with Gasteiger partial charge in [0.2, 0.25) is 0 Å². The van der Waals surface area contributed by atoms with Gasteiger partial charge < -0.3 is 24.4 Å². The van der Waals surface area contributed by atoms with Crippen LogP contribution in [0.3, 0.4) is 0 Å². The highest BCUT2D eigenvalue weighted by Crippen LogP contribution is 2.33. The molecule has 2 aromatic rings. The van der Waals surface area contributed by atoms with Crippen LogP contribution in [0.15, 0.2) is 42.5 Å². The van der Waals surface area contributed by atoms with E-state index in [1.165, 1.54) is 7.11 Å². The molecule has 0 unspecified atom stereocenters. The number of rotatable bonds is 11. The summed E-state index contributed by atoms with van der Waals surface area (Å²) < 4.78 is 10.6. The van der Waals surface area contributed by atoms with Crippen LogP contribution in [0.5, 0.6) is 11.5 Å². The van der Waals surface area contributed by atoms with Crippen molar-refractivity contribution in [2.45, 2.75) is 45.7 Å². The third-order valence-electron chi connectivity index (χ3n) is 8.53. The molecule has 0 radical (unpaired) electrons. The molecule has 0 saturated carbocycles. The third kappa shape index (κ3) is 7.17. The molecule has 214 valence electrons. The summed E-state index contributed by atoms with van der Waals surface area (Å²) in [6, 6.07) is 14.7. The number of carbonyl (C=O) groups is 1. The van der Waals surface area contributed by atoms with Crippen LogP contribution in [0.25, 0.3) is 0 Å². The Hall–Kier alpha value is -2.97. The SMILES string of the molecule is CCN(CC)c1ccc(CN2CC[C@@H](N3CCN(c4ccccc4OC)CC3)[C@@H](CCC(=O)OC)C2)c(O)c1. The second-order valence-electron chi connectivity index (χ2n) is 10.6. The second kappa shape index (κ2) is 13.9. The van der Waals surface area contributed by atoms with Crippen LogP contribution < -0.4 is 14.5 Å². The Balaban J connectivity index is 1.41. The van der Waals surface area contributed by atoms with E-state index >= 15 is 0 Å². The summed E-state index contributed by atoms with van der Waals surface area (Å²) in [7, 11) is 3.20. The smallest absolute Gasteiger partial charge is 0.305 e. The molecule has 2 fully saturated rings. The number of hydrogen-bond donors (Lipinski definition) is 1. The van der Waals surface area contributed by atoms with Crippen molar-refractivity contribution in [2.24, 2.45) is 5.92 Å². The Morgan fingerprint density at radius 1 is 1.03 bits per heavy atom. The van der Waals surface area contributed by atoms with Gasteiger partial charge in [-0.25, -0.2) is 0 Å². The molecule has 39 heavy (non-hydrogen) atoms. The van der Waals surface area contributed by atoms with Gasteiger partial charge in [0.1, 0.15) is 11.5 Å². The Bertz CT molecular complexity index is 1070. The van der Waals surface area contributed by atoms with E-state index in [9.17, 15) is 9.90 Å². The maximum Gasteiger partial charge on any atom is 0.305 e. The standard InChI is InChI=1S/C31H46N4O4/c1-5-33(6-2)26-13-11-25(29(36)21-26)23-32-16-15-27(24(22-32)12-14-31(37)39-4)34-17-19-35(20-18-34)28-9-7-8-10-30(28)38-3/h7-11,13,21,24,27,36H,5-6,12,14-20,22-23H2,1-4H3/t24-,27+/m0/s1. The highest BCUT2D eigenvalue weighted by Gasteiger charge is 2.35. The summed E-state index contributed by atoms with van der Waals surface area (Å²) in [5.41, 5.74) is 3.17. The van der Waals surface area contributed by atoms with Gasteiger partial charge in [-0.05, 0) is 57.4 Å². The van der Waals surface area contributed by atoms with Crippen LogP contribution in [0.2, 0.25) is 0 Å². The lowest BCUT2D eigenvalue weighted by molar-refractivity contribution is -0.141. The molecule has 2 aromatic carbocycles. The van der Waals surface area contributed by atoms with Gasteiger partial charge in [0, 0.05) is 82.1 Å². The van der Waals surface area contributed by atoms with Crippen molar-refractivity contribution in [3.8, 4) is 11.5 Å². The summed E-state index contributed by atoms with van der Waals surface area (Å²) in [5.74, 6) is 1.51. The minimum atomic E-state index is -0.142. The largest absolute Gasteiger partial charge is 0.508 e. The van der Waals surface area contributed by atoms with Gasteiger partial charge >= 0.3 is 5.97 Å². The normalized spacial score (nSPS) is 20.6. The number of para-hydroxylation sites is 2. The number of phenolic OH excluding ortho intramolecular Hbond substituents is 1. The van der Waals surface area contributed by atoms with Crippen molar-refractivity contribution in [1.82, 2.24) is 9.80 Å². The van der Waals surface area contributed by atoms with Crippen molar-refractivity contribution in [2.75, 3.05) is 76.4 Å². The zero-order valence-electron chi connectivity index (χ0n) is 24.1. The number of nitrogens with zero attached hydrogens (tertiary/aromatic N) is 4. The van der Waals surface area contributed by atoms with Crippen molar-refractivity contribution in [3.05, 3.63) is 48.0 Å². The zero-order valence-corrected chi connectivity index (χ0v) is 24.1. The van der Waals surface area contributed by atoms with Crippen molar-refractivity contribution in [1.29, 1.82) is 0 Å². The molecular formula is C31H46N4O4. The molecule has 0 aromatic heterocycles. The summed E-state index contributed by atoms with van der Waals surface area (Å²) >= 11 is 0. The minimum absolute atomic E-state index is 0.142. The number of carbonyl (C=O) groups excluding carboxylic acids is 1. The van der Waals surface area contributed by atoms with Crippen molar-refractivity contribution < 1.29 is 19.4 Å². The summed E-state index contributed by atoms with van der Waals surface area (Å²) in [4.78, 5) is 21.8. The fourth-order valence-corrected chi connectivity index (χ4v) is 6.31. The number of ether oxygens (including phenoxy) is 2. The van der Waals surface area contributed by atoms with E-state index in [0.29, 0.717) is 30.7 Å². The van der Waals surface area contributed by atoms with Gasteiger partial charge in [-0.1, -0.05) is 18.2 Å². The number of methoxy groups -OCH3 is 2. The predicted molar refractivity (Wildman–Crippen MR) is 157 cm³/mol. The van der Waals surface area contributed by atoms with Crippen LogP contribution in [0.4, 0.5) is 11.4 Å². The molecule has 2 aliphatic rings. The van der Waals surface area contributed by atoms with E-state index < -0.39 is 0 Å². The topological polar surface area (TPSA) is 68.7 Å². The number of benzene rings is 2. The molecule has 2 atom stereocenters. The number of phenols is 1. The van der Waals surface area contributed by atoms with Gasteiger partial charge in [0.05, 0.1) is 19.9 Å². The summed E-state index contributed by atoms with van der Waals surface area (Å²) in [5, 5.41) is 10.8. The van der Waals surface area contributed by atoms with Gasteiger partial charge in [-0.3, -0.25) is 14.6 Å². The Morgan fingerprint density at radius 3 is 2.44 bits per heavy atom. The highest BCUT2D eigenvalue weighted by atomic mass is 16.5. The molecule has 2 saturated heterocycles. The van der Waals surface area contributed by atoms with E-state index in [1.807, 2.05) is 18.2 Å². The number of piperazine rings is 1. The van der Waals surface area contributed by atoms with Gasteiger partial charge in [0.25, 0.3) is 0 Å². The minimum Gasteiger partial charge on any atom is -0.508 e. The Kier molecular flexibility index (Phi) is 10.3. The molecule has 2 aliphatic heterocycles. The van der Waals surface area contributed by atoms with E-state index in [2.05, 4.69) is 57.7 Å². The fraction of sp³-hybridized carbons (Fsp3) is 0.581. The Labute approximate surface area is 234 Å². The molecule has 0 bridgehead atoms.